The van der Waals surface area contributed by atoms with Crippen molar-refractivity contribution >= 4 is 16.8 Å². The van der Waals surface area contributed by atoms with E-state index in [1.54, 1.807) is 45.9 Å². The van der Waals surface area contributed by atoms with Crippen molar-refractivity contribution in [1.82, 2.24) is 24.2 Å². The van der Waals surface area contributed by atoms with Gasteiger partial charge in [-0.05, 0) is 31.0 Å². The summed E-state index contributed by atoms with van der Waals surface area (Å²) in [6.45, 7) is 1.19. The van der Waals surface area contributed by atoms with Gasteiger partial charge in [0.15, 0.2) is 0 Å². The van der Waals surface area contributed by atoms with Crippen LogP contribution >= 0.6 is 0 Å². The maximum absolute atomic E-state index is 12.8. The van der Waals surface area contributed by atoms with Crippen LogP contribution in [-0.2, 0) is 7.05 Å². The van der Waals surface area contributed by atoms with Gasteiger partial charge in [-0.1, -0.05) is 12.1 Å². The van der Waals surface area contributed by atoms with Gasteiger partial charge in [-0.2, -0.15) is 5.10 Å². The van der Waals surface area contributed by atoms with Gasteiger partial charge in [0.25, 0.3) is 11.5 Å². The number of nitrogens with zero attached hydrogens (tertiary/aromatic N) is 5. The number of rotatable bonds is 2. The lowest BCUT2D eigenvalue weighted by molar-refractivity contribution is 0.0666. The molecule has 128 valence electrons. The smallest absolute Gasteiger partial charge is 0.272 e. The Balaban J connectivity index is 1.64. The zero-order valence-electron chi connectivity index (χ0n) is 14.0. The van der Waals surface area contributed by atoms with E-state index in [2.05, 4.69) is 10.1 Å². The van der Waals surface area contributed by atoms with Crippen LogP contribution in [0, 0.1) is 0 Å². The van der Waals surface area contributed by atoms with E-state index in [0.29, 0.717) is 29.7 Å². The summed E-state index contributed by atoms with van der Waals surface area (Å²) in [6.07, 6.45) is 4.93. The van der Waals surface area contributed by atoms with Crippen molar-refractivity contribution in [2.45, 2.75) is 18.9 Å². The van der Waals surface area contributed by atoms with E-state index in [4.69, 9.17) is 0 Å². The number of hydrogen-bond acceptors (Lipinski definition) is 4. The lowest BCUT2D eigenvalue weighted by atomic mass is 10.0. The molecule has 7 heteroatoms. The van der Waals surface area contributed by atoms with Gasteiger partial charge in [0.1, 0.15) is 5.69 Å². The molecule has 1 aromatic carbocycles. The summed E-state index contributed by atoms with van der Waals surface area (Å²) in [5, 5.41) is 4.67. The third kappa shape index (κ3) is 2.71. The normalized spacial score (nSPS) is 17.8. The standard InChI is InChI=1S/C18H19N5O2/c1-21-16(8-9-20-21)18(25)22-10-4-5-13(11-22)23-12-19-15-7-3-2-6-14(15)17(23)24/h2-3,6-9,12-13H,4-5,10-11H2,1H3/t13-/m1/s1. The zero-order chi connectivity index (χ0) is 17.4. The number of likely N-dealkylation sites (tertiary alicyclic amines) is 1. The molecule has 1 aliphatic heterocycles. The number of piperidine rings is 1. The molecule has 3 heterocycles. The second-order valence-electron chi connectivity index (χ2n) is 6.36. The Labute approximate surface area is 144 Å². The van der Waals surface area contributed by atoms with Gasteiger partial charge in [0, 0.05) is 26.3 Å². The van der Waals surface area contributed by atoms with E-state index in [1.165, 1.54) is 0 Å². The first kappa shape index (κ1) is 15.6. The zero-order valence-corrected chi connectivity index (χ0v) is 14.0. The van der Waals surface area contributed by atoms with Crippen LogP contribution < -0.4 is 5.56 Å². The fraction of sp³-hybridized carbons (Fsp3) is 0.333. The van der Waals surface area contributed by atoms with E-state index in [0.717, 1.165) is 12.8 Å². The van der Waals surface area contributed by atoms with Crippen LogP contribution in [0.1, 0.15) is 29.4 Å². The lowest BCUT2D eigenvalue weighted by Gasteiger charge is -2.33. The molecule has 4 rings (SSSR count). The lowest BCUT2D eigenvalue weighted by Crippen LogP contribution is -2.43. The minimum Gasteiger partial charge on any atom is -0.335 e. The molecule has 1 amide bonds. The Morgan fingerprint density at radius 3 is 2.88 bits per heavy atom. The van der Waals surface area contributed by atoms with Crippen LogP contribution in [-0.4, -0.2) is 43.2 Å². The third-order valence-electron chi connectivity index (χ3n) is 4.81. The van der Waals surface area contributed by atoms with Gasteiger partial charge in [0.2, 0.25) is 0 Å². The average molecular weight is 337 g/mol. The monoisotopic (exact) mass is 337 g/mol. The quantitative estimate of drug-likeness (QED) is 0.712. The van der Waals surface area contributed by atoms with Crippen LogP contribution in [0.25, 0.3) is 10.9 Å². The van der Waals surface area contributed by atoms with Gasteiger partial charge in [-0.3, -0.25) is 18.8 Å². The van der Waals surface area contributed by atoms with Crippen molar-refractivity contribution in [3.8, 4) is 0 Å². The summed E-state index contributed by atoms with van der Waals surface area (Å²) in [5.74, 6) is -0.0495. The number of amides is 1. The van der Waals surface area contributed by atoms with Gasteiger partial charge in [-0.25, -0.2) is 4.98 Å². The molecular formula is C18H19N5O2. The van der Waals surface area contributed by atoms with Crippen molar-refractivity contribution < 1.29 is 4.79 Å². The van der Waals surface area contributed by atoms with Crippen molar-refractivity contribution in [2.24, 2.45) is 7.05 Å². The fourth-order valence-corrected chi connectivity index (χ4v) is 3.46. The van der Waals surface area contributed by atoms with E-state index < -0.39 is 0 Å². The first-order valence-corrected chi connectivity index (χ1v) is 8.38. The highest BCUT2D eigenvalue weighted by atomic mass is 16.2. The second kappa shape index (κ2) is 6.16. The van der Waals surface area contributed by atoms with Crippen molar-refractivity contribution in [3.63, 3.8) is 0 Å². The fourth-order valence-electron chi connectivity index (χ4n) is 3.46. The average Bonchev–Trinajstić information content (AvgIpc) is 3.08. The van der Waals surface area contributed by atoms with Crippen LogP contribution in [0.2, 0.25) is 0 Å². The molecule has 0 saturated carbocycles. The highest BCUT2D eigenvalue weighted by Gasteiger charge is 2.27. The minimum absolute atomic E-state index is 0.0495. The Hall–Kier alpha value is -2.96. The molecule has 1 atom stereocenters. The predicted octanol–water partition coefficient (Wildman–Crippen LogP) is 1.61. The van der Waals surface area contributed by atoms with E-state index in [1.807, 2.05) is 18.2 Å². The number of para-hydroxylation sites is 1. The summed E-state index contributed by atoms with van der Waals surface area (Å²) < 4.78 is 3.25. The van der Waals surface area contributed by atoms with Gasteiger partial charge >= 0.3 is 0 Å². The summed E-state index contributed by atoms with van der Waals surface area (Å²) >= 11 is 0. The molecule has 1 saturated heterocycles. The van der Waals surface area contributed by atoms with Gasteiger partial charge in [-0.15, -0.1) is 0 Å². The second-order valence-corrected chi connectivity index (χ2v) is 6.36. The van der Waals surface area contributed by atoms with Crippen LogP contribution in [0.3, 0.4) is 0 Å². The van der Waals surface area contributed by atoms with E-state index >= 15 is 0 Å². The Kier molecular flexibility index (Phi) is 3.83. The molecule has 0 unspecified atom stereocenters. The third-order valence-corrected chi connectivity index (χ3v) is 4.81. The van der Waals surface area contributed by atoms with E-state index in [-0.39, 0.29) is 17.5 Å². The number of hydrogen-bond donors (Lipinski definition) is 0. The van der Waals surface area contributed by atoms with Crippen LogP contribution in [0.15, 0.2) is 47.7 Å². The number of fused-ring (bicyclic) bond motifs is 1. The van der Waals surface area contributed by atoms with E-state index in [9.17, 15) is 9.59 Å². The van der Waals surface area contributed by atoms with Crippen LogP contribution in [0.4, 0.5) is 0 Å². The first-order valence-electron chi connectivity index (χ1n) is 8.38. The molecule has 0 spiro atoms. The molecule has 1 fully saturated rings. The summed E-state index contributed by atoms with van der Waals surface area (Å²) in [7, 11) is 1.76. The molecule has 0 bridgehead atoms. The van der Waals surface area contributed by atoms with Crippen molar-refractivity contribution in [2.75, 3.05) is 13.1 Å². The summed E-state index contributed by atoms with van der Waals surface area (Å²) in [6, 6.07) is 9.00. The number of carbonyl (C=O) groups is 1. The molecule has 25 heavy (non-hydrogen) atoms. The molecule has 7 nitrogen and oxygen atoms in total. The summed E-state index contributed by atoms with van der Waals surface area (Å²) in [5.41, 5.74) is 1.21. The van der Waals surface area contributed by atoms with Crippen LogP contribution in [0.5, 0.6) is 0 Å². The molecule has 3 aromatic rings. The first-order chi connectivity index (χ1) is 12.1. The topological polar surface area (TPSA) is 73.0 Å². The molecular weight excluding hydrogens is 318 g/mol. The molecule has 0 N–H and O–H groups in total. The Bertz CT molecular complexity index is 990. The maximum atomic E-state index is 12.8. The predicted molar refractivity (Wildman–Crippen MR) is 93.4 cm³/mol. The SMILES string of the molecule is Cn1nccc1C(=O)N1CCC[C@@H](n2cnc3ccccc3c2=O)C1. The molecule has 2 aromatic heterocycles. The number of aromatic nitrogens is 4. The maximum Gasteiger partial charge on any atom is 0.272 e. The largest absolute Gasteiger partial charge is 0.335 e. The van der Waals surface area contributed by atoms with Crippen molar-refractivity contribution in [3.05, 3.63) is 58.9 Å². The highest BCUT2D eigenvalue weighted by Crippen LogP contribution is 2.22. The van der Waals surface area contributed by atoms with Crippen molar-refractivity contribution in [1.29, 1.82) is 0 Å². The highest BCUT2D eigenvalue weighted by molar-refractivity contribution is 5.92. The Morgan fingerprint density at radius 1 is 1.24 bits per heavy atom. The Morgan fingerprint density at radius 2 is 2.08 bits per heavy atom. The number of carbonyl (C=O) groups excluding carboxylic acids is 1. The number of benzene rings is 1. The minimum atomic E-state index is -0.0597. The van der Waals surface area contributed by atoms with Gasteiger partial charge < -0.3 is 4.90 Å². The summed E-state index contributed by atoms with van der Waals surface area (Å²) in [4.78, 5) is 31.7. The van der Waals surface area contributed by atoms with Gasteiger partial charge in [0.05, 0.1) is 23.3 Å². The number of aryl methyl sites for hydroxylation is 1. The molecule has 0 radical (unpaired) electrons. The molecule has 0 aliphatic carbocycles. The molecule has 1 aliphatic rings.